The van der Waals surface area contributed by atoms with Crippen molar-refractivity contribution in [2.45, 2.75) is 56.8 Å². The number of likely N-dealkylation sites (tertiary alicyclic amines) is 1. The van der Waals surface area contributed by atoms with Crippen molar-refractivity contribution in [3.8, 4) is 6.07 Å². The van der Waals surface area contributed by atoms with E-state index in [2.05, 4.69) is 15.6 Å². The molecule has 9 nitrogen and oxygen atoms in total. The summed E-state index contributed by atoms with van der Waals surface area (Å²) in [5, 5.41) is 15.3. The lowest BCUT2D eigenvalue weighted by molar-refractivity contribution is -0.130. The maximum absolute atomic E-state index is 13.5. The summed E-state index contributed by atoms with van der Waals surface area (Å²) in [4.78, 5) is 18.0. The molecule has 11 heteroatoms. The Labute approximate surface area is 183 Å². The zero-order chi connectivity index (χ0) is 23.2. The zero-order valence-corrected chi connectivity index (χ0v) is 19.2. The van der Waals surface area contributed by atoms with Crippen LogP contribution in [0.15, 0.2) is 23.2 Å². The number of hydrogen-bond acceptors (Lipinski definition) is 7. The molecule has 31 heavy (non-hydrogen) atoms. The fourth-order valence-corrected chi connectivity index (χ4v) is 4.73. The van der Waals surface area contributed by atoms with Gasteiger partial charge in [0.25, 0.3) is 0 Å². The SMILES string of the molecule is CCN(CC)S(=O)(=O)c1ccc(NCC(C)(C)NCC(=O)N2C[C@@H](F)C[C@H]2C#N)nc1. The van der Waals surface area contributed by atoms with Crippen LogP contribution in [-0.4, -0.2) is 79.0 Å². The molecular weight excluding hydrogens is 423 g/mol. The summed E-state index contributed by atoms with van der Waals surface area (Å²) >= 11 is 0. The van der Waals surface area contributed by atoms with E-state index in [9.17, 15) is 17.6 Å². The van der Waals surface area contributed by atoms with Crippen LogP contribution in [0.25, 0.3) is 0 Å². The van der Waals surface area contributed by atoms with E-state index < -0.39 is 27.8 Å². The molecule has 0 unspecified atom stereocenters. The van der Waals surface area contributed by atoms with Crippen LogP contribution in [0, 0.1) is 11.3 Å². The van der Waals surface area contributed by atoms with Crippen molar-refractivity contribution in [1.82, 2.24) is 19.5 Å². The molecule has 0 spiro atoms. The van der Waals surface area contributed by atoms with E-state index in [1.54, 1.807) is 19.9 Å². The van der Waals surface area contributed by atoms with Crippen molar-refractivity contribution < 1.29 is 17.6 Å². The first-order valence-corrected chi connectivity index (χ1v) is 11.8. The Morgan fingerprint density at radius 2 is 2.06 bits per heavy atom. The van der Waals surface area contributed by atoms with Gasteiger partial charge in [0.15, 0.2) is 0 Å². The van der Waals surface area contributed by atoms with Gasteiger partial charge in [0, 0.05) is 37.8 Å². The predicted octanol–water partition coefficient (Wildman–Crippen LogP) is 1.35. The van der Waals surface area contributed by atoms with Gasteiger partial charge in [-0.15, -0.1) is 0 Å². The van der Waals surface area contributed by atoms with Gasteiger partial charge in [-0.3, -0.25) is 4.79 Å². The largest absolute Gasteiger partial charge is 0.368 e. The Morgan fingerprint density at radius 1 is 1.39 bits per heavy atom. The lowest BCUT2D eigenvalue weighted by Crippen LogP contribution is -2.50. The standard InChI is InChI=1S/C20H31FN6O3S/c1-5-26(6-2)31(29,30)17-7-8-18(23-11-17)24-14-20(3,4)25-12-19(28)27-13-15(21)9-16(27)10-22/h7-8,11,15-16,25H,5-6,9,12-14H2,1-4H3,(H,23,24)/t15-,16-/m0/s1. The van der Waals surface area contributed by atoms with Gasteiger partial charge in [-0.2, -0.15) is 9.57 Å². The summed E-state index contributed by atoms with van der Waals surface area (Å²) in [7, 11) is -3.56. The van der Waals surface area contributed by atoms with Crippen LogP contribution in [0.4, 0.5) is 10.2 Å². The van der Waals surface area contributed by atoms with Crippen molar-refractivity contribution in [3.05, 3.63) is 18.3 Å². The number of alkyl halides is 1. The molecule has 1 aliphatic heterocycles. The number of nitrogens with zero attached hydrogens (tertiary/aromatic N) is 4. The predicted molar refractivity (Wildman–Crippen MR) is 116 cm³/mol. The normalized spacial score (nSPS) is 19.5. The molecule has 172 valence electrons. The first-order valence-electron chi connectivity index (χ1n) is 10.3. The Kier molecular flexibility index (Phi) is 8.34. The summed E-state index contributed by atoms with van der Waals surface area (Å²) in [5.74, 6) is 0.188. The lowest BCUT2D eigenvalue weighted by Gasteiger charge is -2.28. The third kappa shape index (κ3) is 6.35. The monoisotopic (exact) mass is 454 g/mol. The minimum Gasteiger partial charge on any atom is -0.368 e. The molecule has 1 aromatic rings. The fraction of sp³-hybridized carbons (Fsp3) is 0.650. The Balaban J connectivity index is 1.90. The average Bonchev–Trinajstić information content (AvgIpc) is 3.12. The molecule has 0 saturated carbocycles. The highest BCUT2D eigenvalue weighted by atomic mass is 32.2. The maximum Gasteiger partial charge on any atom is 0.244 e. The molecule has 0 radical (unpaired) electrons. The summed E-state index contributed by atoms with van der Waals surface area (Å²) in [6.45, 7) is 8.44. The molecular formula is C20H31FN6O3S. The number of anilines is 1. The minimum atomic E-state index is -3.56. The second-order valence-corrected chi connectivity index (χ2v) is 10.0. The third-order valence-corrected chi connectivity index (χ3v) is 7.26. The molecule has 0 bridgehead atoms. The van der Waals surface area contributed by atoms with Crippen LogP contribution < -0.4 is 10.6 Å². The van der Waals surface area contributed by atoms with E-state index >= 15 is 0 Å². The number of nitrogens with one attached hydrogen (secondary N) is 2. The van der Waals surface area contributed by atoms with Crippen molar-refractivity contribution in [3.63, 3.8) is 0 Å². The van der Waals surface area contributed by atoms with Crippen molar-refractivity contribution >= 4 is 21.7 Å². The molecule has 0 aliphatic carbocycles. The zero-order valence-electron chi connectivity index (χ0n) is 18.4. The van der Waals surface area contributed by atoms with Gasteiger partial charge in [0.1, 0.15) is 22.9 Å². The Hall–Kier alpha value is -2.29. The molecule has 1 aromatic heterocycles. The van der Waals surface area contributed by atoms with Crippen LogP contribution in [0.3, 0.4) is 0 Å². The van der Waals surface area contributed by atoms with E-state index in [0.29, 0.717) is 25.5 Å². The van der Waals surface area contributed by atoms with Crippen LogP contribution in [0.5, 0.6) is 0 Å². The maximum atomic E-state index is 13.5. The summed E-state index contributed by atoms with van der Waals surface area (Å²) in [6, 6.07) is 4.36. The number of hydrogen-bond donors (Lipinski definition) is 2. The van der Waals surface area contributed by atoms with Crippen LogP contribution in [0.2, 0.25) is 0 Å². The number of carbonyl (C=O) groups excluding carboxylic acids is 1. The number of carbonyl (C=O) groups is 1. The smallest absolute Gasteiger partial charge is 0.244 e. The number of nitriles is 1. The number of pyridine rings is 1. The summed E-state index contributed by atoms with van der Waals surface area (Å²) in [5.41, 5.74) is -0.514. The summed E-state index contributed by atoms with van der Waals surface area (Å²) in [6.07, 6.45) is 0.213. The first-order chi connectivity index (χ1) is 14.5. The average molecular weight is 455 g/mol. The van der Waals surface area contributed by atoms with E-state index in [0.717, 1.165) is 0 Å². The van der Waals surface area contributed by atoms with Gasteiger partial charge in [0.2, 0.25) is 15.9 Å². The Morgan fingerprint density at radius 3 is 2.61 bits per heavy atom. The van der Waals surface area contributed by atoms with Gasteiger partial charge >= 0.3 is 0 Å². The van der Waals surface area contributed by atoms with Crippen LogP contribution in [0.1, 0.15) is 34.1 Å². The number of sulfonamides is 1. The van der Waals surface area contributed by atoms with E-state index in [1.807, 2.05) is 19.9 Å². The molecule has 2 rings (SSSR count). The molecule has 2 N–H and O–H groups in total. The minimum absolute atomic E-state index is 0.0198. The molecule has 1 aliphatic rings. The number of aromatic nitrogens is 1. The van der Waals surface area contributed by atoms with E-state index in [1.165, 1.54) is 21.5 Å². The van der Waals surface area contributed by atoms with Gasteiger partial charge in [0.05, 0.1) is 19.2 Å². The van der Waals surface area contributed by atoms with Gasteiger partial charge in [-0.05, 0) is 26.0 Å². The van der Waals surface area contributed by atoms with Gasteiger partial charge in [-0.1, -0.05) is 13.8 Å². The second-order valence-electron chi connectivity index (χ2n) is 8.08. The van der Waals surface area contributed by atoms with E-state index in [4.69, 9.17) is 5.26 Å². The van der Waals surface area contributed by atoms with Gasteiger partial charge < -0.3 is 15.5 Å². The van der Waals surface area contributed by atoms with Crippen molar-refractivity contribution in [1.29, 1.82) is 5.26 Å². The Bertz CT molecular complexity index is 896. The van der Waals surface area contributed by atoms with Crippen molar-refractivity contribution in [2.24, 2.45) is 0 Å². The fourth-order valence-electron chi connectivity index (χ4n) is 3.32. The molecule has 2 heterocycles. The highest BCUT2D eigenvalue weighted by Crippen LogP contribution is 2.20. The second kappa shape index (κ2) is 10.3. The molecule has 1 amide bonds. The molecule has 1 saturated heterocycles. The van der Waals surface area contributed by atoms with E-state index in [-0.39, 0.29) is 30.3 Å². The quantitative estimate of drug-likeness (QED) is 0.548. The number of rotatable bonds is 10. The lowest BCUT2D eigenvalue weighted by atomic mass is 10.1. The highest BCUT2D eigenvalue weighted by molar-refractivity contribution is 7.89. The van der Waals surface area contributed by atoms with Crippen LogP contribution >= 0.6 is 0 Å². The first kappa shape index (κ1) is 25.0. The summed E-state index contributed by atoms with van der Waals surface area (Å²) < 4.78 is 39.9. The molecule has 2 atom stereocenters. The molecule has 1 fully saturated rings. The topological polar surface area (TPSA) is 118 Å². The van der Waals surface area contributed by atoms with Gasteiger partial charge in [-0.25, -0.2) is 17.8 Å². The molecule has 0 aromatic carbocycles. The number of halogens is 1. The highest BCUT2D eigenvalue weighted by Gasteiger charge is 2.35. The third-order valence-electron chi connectivity index (χ3n) is 5.23. The number of amides is 1. The van der Waals surface area contributed by atoms with Crippen LogP contribution in [-0.2, 0) is 14.8 Å². The van der Waals surface area contributed by atoms with Crippen molar-refractivity contribution in [2.75, 3.05) is 38.0 Å².